The van der Waals surface area contributed by atoms with Gasteiger partial charge >= 0.3 is 0 Å². The summed E-state index contributed by atoms with van der Waals surface area (Å²) in [7, 11) is 0. The van der Waals surface area contributed by atoms with Crippen molar-refractivity contribution >= 4 is 39.0 Å². The first-order valence-corrected chi connectivity index (χ1v) is 24.4. The molecule has 10 aromatic carbocycles. The van der Waals surface area contributed by atoms with Gasteiger partial charge in [0.2, 0.25) is 0 Å². The first-order chi connectivity index (χ1) is 33.7. The van der Waals surface area contributed by atoms with Gasteiger partial charge in [0, 0.05) is 38.5 Å². The van der Waals surface area contributed by atoms with Crippen LogP contribution in [-0.4, -0.2) is 0 Å². The summed E-state index contributed by atoms with van der Waals surface area (Å²) < 4.78 is 6.68. The van der Waals surface area contributed by atoms with E-state index in [0.29, 0.717) is 0 Å². The van der Waals surface area contributed by atoms with Gasteiger partial charge < -0.3 is 9.32 Å². The monoisotopic (exact) mass is 881 g/mol. The lowest BCUT2D eigenvalue weighted by Gasteiger charge is -2.34. The van der Waals surface area contributed by atoms with E-state index in [0.717, 1.165) is 44.4 Å². The molecule has 326 valence electrons. The number of hydrogen-bond acceptors (Lipinski definition) is 2. The molecule has 11 aromatic rings. The average molecular weight is 882 g/mol. The van der Waals surface area contributed by atoms with E-state index in [1.54, 1.807) is 0 Å². The van der Waals surface area contributed by atoms with E-state index in [-0.39, 0.29) is 10.8 Å². The Morgan fingerprint density at radius 2 is 0.841 bits per heavy atom. The number of nitrogens with zero attached hydrogens (tertiary/aromatic N) is 1. The third-order valence-corrected chi connectivity index (χ3v) is 16.7. The largest absolute Gasteiger partial charge is 0.455 e. The van der Waals surface area contributed by atoms with Crippen molar-refractivity contribution in [3.05, 3.63) is 257 Å². The van der Waals surface area contributed by atoms with Gasteiger partial charge in [0.25, 0.3) is 0 Å². The van der Waals surface area contributed by atoms with Gasteiger partial charge in [0.15, 0.2) is 0 Å². The molecule has 4 aliphatic carbocycles. The molecule has 0 radical (unpaired) electrons. The van der Waals surface area contributed by atoms with Crippen LogP contribution in [0.15, 0.2) is 217 Å². The van der Waals surface area contributed by atoms with E-state index in [4.69, 9.17) is 4.42 Å². The minimum atomic E-state index is -0.475. The first kappa shape index (κ1) is 38.9. The molecule has 15 rings (SSSR count). The van der Waals surface area contributed by atoms with E-state index in [9.17, 15) is 0 Å². The van der Waals surface area contributed by atoms with Crippen LogP contribution in [0.25, 0.3) is 77.6 Å². The van der Waals surface area contributed by atoms with E-state index >= 15 is 0 Å². The maximum atomic E-state index is 6.68. The van der Waals surface area contributed by atoms with Crippen LogP contribution in [0, 0.1) is 0 Å². The normalized spacial score (nSPS) is 15.3. The molecular weight excluding hydrogens is 835 g/mol. The van der Waals surface area contributed by atoms with Crippen molar-refractivity contribution in [2.75, 3.05) is 4.90 Å². The summed E-state index contributed by atoms with van der Waals surface area (Å²) in [5.41, 5.74) is 28.0. The zero-order valence-electron chi connectivity index (χ0n) is 39.1. The molecule has 1 heterocycles. The van der Waals surface area contributed by atoms with Gasteiger partial charge in [-0.3, -0.25) is 0 Å². The highest BCUT2D eigenvalue weighted by molar-refractivity contribution is 6.10. The topological polar surface area (TPSA) is 16.4 Å². The summed E-state index contributed by atoms with van der Waals surface area (Å²) >= 11 is 0. The molecule has 1 aromatic heterocycles. The van der Waals surface area contributed by atoms with Gasteiger partial charge in [-0.05, 0) is 143 Å². The Bertz CT molecular complexity index is 3980. The lowest BCUT2D eigenvalue weighted by molar-refractivity contribution is 0.652. The average Bonchev–Trinajstić information content (AvgIpc) is 4.13. The Labute approximate surface area is 402 Å². The highest BCUT2D eigenvalue weighted by Crippen LogP contribution is 2.64. The number of furan rings is 1. The number of hydrogen-bond donors (Lipinski definition) is 0. The highest BCUT2D eigenvalue weighted by Gasteiger charge is 2.52. The van der Waals surface area contributed by atoms with Gasteiger partial charge in [-0.1, -0.05) is 191 Å². The molecule has 0 N–H and O–H groups in total. The molecule has 69 heavy (non-hydrogen) atoms. The van der Waals surface area contributed by atoms with Gasteiger partial charge in [-0.2, -0.15) is 0 Å². The molecule has 0 saturated heterocycles. The fourth-order valence-electron chi connectivity index (χ4n) is 13.7. The lowest BCUT2D eigenvalue weighted by atomic mass is 9.70. The second kappa shape index (κ2) is 13.5. The van der Waals surface area contributed by atoms with Crippen LogP contribution in [0.3, 0.4) is 0 Å². The van der Waals surface area contributed by atoms with Gasteiger partial charge in [0.1, 0.15) is 11.2 Å². The quantitative estimate of drug-likeness (QED) is 0.175. The number of fused-ring (bicyclic) bond motifs is 19. The molecule has 2 heteroatoms. The molecule has 4 aliphatic rings. The van der Waals surface area contributed by atoms with Crippen molar-refractivity contribution in [2.24, 2.45) is 0 Å². The van der Waals surface area contributed by atoms with Crippen molar-refractivity contribution in [3.63, 3.8) is 0 Å². The molecule has 0 bridgehead atoms. The number of benzene rings is 10. The zero-order valence-corrected chi connectivity index (χ0v) is 39.1. The molecule has 0 atom stereocenters. The van der Waals surface area contributed by atoms with E-state index in [2.05, 4.69) is 245 Å². The lowest BCUT2D eigenvalue weighted by Crippen LogP contribution is -2.26. The molecule has 1 spiro atoms. The second-order valence-corrected chi connectivity index (χ2v) is 20.7. The Morgan fingerprint density at radius 3 is 1.55 bits per heavy atom. The fourth-order valence-corrected chi connectivity index (χ4v) is 13.7. The summed E-state index contributed by atoms with van der Waals surface area (Å²) in [6.45, 7) is 9.67. The Balaban J connectivity index is 0.990. The van der Waals surface area contributed by atoms with Crippen LogP contribution in [0.4, 0.5) is 17.1 Å². The summed E-state index contributed by atoms with van der Waals surface area (Å²) in [6, 6.07) is 79.8. The molecule has 0 saturated carbocycles. The zero-order chi connectivity index (χ0) is 46.0. The van der Waals surface area contributed by atoms with Crippen LogP contribution >= 0.6 is 0 Å². The van der Waals surface area contributed by atoms with Crippen molar-refractivity contribution in [3.8, 4) is 55.6 Å². The van der Waals surface area contributed by atoms with Gasteiger partial charge in [-0.25, -0.2) is 0 Å². The van der Waals surface area contributed by atoms with E-state index in [1.165, 1.54) is 94.7 Å². The van der Waals surface area contributed by atoms with E-state index < -0.39 is 5.41 Å². The molecule has 2 nitrogen and oxygen atoms in total. The Hall–Kier alpha value is -8.20. The third kappa shape index (κ3) is 4.91. The number of rotatable bonds is 4. The van der Waals surface area contributed by atoms with Crippen molar-refractivity contribution in [2.45, 2.75) is 43.9 Å². The molecule has 0 fully saturated rings. The van der Waals surface area contributed by atoms with Gasteiger partial charge in [-0.15, -0.1) is 0 Å². The first-order valence-electron chi connectivity index (χ1n) is 24.4. The van der Waals surface area contributed by atoms with Crippen LogP contribution in [-0.2, 0) is 16.2 Å². The summed E-state index contributed by atoms with van der Waals surface area (Å²) in [5.74, 6) is 0. The van der Waals surface area contributed by atoms with Crippen LogP contribution in [0.5, 0.6) is 0 Å². The minimum absolute atomic E-state index is 0.101. The van der Waals surface area contributed by atoms with Crippen molar-refractivity contribution in [1.29, 1.82) is 0 Å². The fraction of sp³-hybridized carbons (Fsp3) is 0.104. The minimum Gasteiger partial charge on any atom is -0.455 e. The molecule has 0 aliphatic heterocycles. The predicted molar refractivity (Wildman–Crippen MR) is 285 cm³/mol. The van der Waals surface area contributed by atoms with E-state index in [1.807, 2.05) is 0 Å². The molecule has 0 amide bonds. The summed E-state index contributed by atoms with van der Waals surface area (Å²) in [6.07, 6.45) is 0. The van der Waals surface area contributed by atoms with Gasteiger partial charge in [0.05, 0.1) is 11.1 Å². The third-order valence-electron chi connectivity index (χ3n) is 16.7. The van der Waals surface area contributed by atoms with Crippen molar-refractivity contribution in [1.82, 2.24) is 0 Å². The van der Waals surface area contributed by atoms with Crippen LogP contribution < -0.4 is 4.90 Å². The highest BCUT2D eigenvalue weighted by atomic mass is 16.3. The summed E-state index contributed by atoms with van der Waals surface area (Å²) in [4.78, 5) is 2.56. The number of para-hydroxylation sites is 2. The second-order valence-electron chi connectivity index (χ2n) is 20.7. The maximum absolute atomic E-state index is 6.68. The maximum Gasteiger partial charge on any atom is 0.143 e. The van der Waals surface area contributed by atoms with Crippen molar-refractivity contribution < 1.29 is 4.42 Å². The molecular formula is C67H47NO. The Morgan fingerprint density at radius 1 is 0.333 bits per heavy atom. The SMILES string of the molecule is CC1(C)c2ccccc2-c2cc3c(cc21)-c1cccc(N(c2cccc(-c4cccc5c4oc4ccccc45)c2)c2ccc4c(c2)C2(c5ccccc5-c5ccccc52)c2ccccc2-4)c1C3(C)C. The predicted octanol–water partition coefficient (Wildman–Crippen LogP) is 17.7. The Kier molecular flexibility index (Phi) is 7.60. The standard InChI is InChI=1S/C67H47NO/c1-65(2)54-28-10-5-23-47(54)52-38-59-53(39-58(52)65)50-26-17-32-61(63(50)66(59,3)4)68(41-19-15-18-40(36-41)43-25-16-27-51-49-24-9-14-33-62(49)69-64(43)51)42-34-35-48-46-22-8-13-31-57(46)67(60(48)37-42)55-29-11-6-20-44(55)45-21-7-12-30-56(45)67/h5-39H,1-4H3. The summed E-state index contributed by atoms with van der Waals surface area (Å²) in [5, 5.41) is 2.26. The van der Waals surface area contributed by atoms with Crippen LogP contribution in [0.1, 0.15) is 72.2 Å². The molecule has 0 unspecified atom stereocenters. The smallest absolute Gasteiger partial charge is 0.143 e. The number of anilines is 3. The van der Waals surface area contributed by atoms with Crippen LogP contribution in [0.2, 0.25) is 0 Å².